The molecule has 6 heteroatoms. The molecule has 5 nitrogen and oxygen atoms in total. The summed E-state index contributed by atoms with van der Waals surface area (Å²) < 4.78 is 7.42. The second-order valence-corrected chi connectivity index (χ2v) is 5.35. The van der Waals surface area contributed by atoms with E-state index in [4.69, 9.17) is 4.42 Å². The molecule has 0 aliphatic rings. The van der Waals surface area contributed by atoms with Gasteiger partial charge in [-0.1, -0.05) is 18.2 Å². The third kappa shape index (κ3) is 2.38. The fourth-order valence-corrected chi connectivity index (χ4v) is 2.61. The summed E-state index contributed by atoms with van der Waals surface area (Å²) in [6.07, 6.45) is 1.59. The molecular formula is C15H10BrNO4. The van der Waals surface area contributed by atoms with Gasteiger partial charge in [-0.25, -0.2) is 4.79 Å². The van der Waals surface area contributed by atoms with E-state index in [1.54, 1.807) is 42.6 Å². The van der Waals surface area contributed by atoms with Gasteiger partial charge < -0.3 is 14.1 Å². The Kier molecular flexibility index (Phi) is 3.39. The number of carboxylic acids is 1. The number of carbonyl (C=O) groups is 1. The minimum absolute atomic E-state index is 0.0641. The van der Waals surface area contributed by atoms with Gasteiger partial charge in [0, 0.05) is 11.6 Å². The zero-order chi connectivity index (χ0) is 15.0. The Morgan fingerprint density at radius 2 is 2.00 bits per heavy atom. The molecule has 106 valence electrons. The number of hydrogen-bond acceptors (Lipinski definition) is 3. The number of halogens is 1. The second kappa shape index (κ2) is 5.21. The molecule has 3 rings (SSSR count). The molecule has 0 saturated heterocycles. The smallest absolute Gasteiger partial charge is 0.339 e. The molecule has 0 unspecified atom stereocenters. The Balaban J connectivity index is 2.16. The zero-order valence-electron chi connectivity index (χ0n) is 10.7. The molecule has 0 spiro atoms. The summed E-state index contributed by atoms with van der Waals surface area (Å²) in [5.74, 6) is -0.818. The van der Waals surface area contributed by atoms with Gasteiger partial charge in [0.15, 0.2) is 0 Å². The van der Waals surface area contributed by atoms with E-state index in [0.717, 1.165) is 0 Å². The van der Waals surface area contributed by atoms with E-state index in [9.17, 15) is 14.7 Å². The van der Waals surface area contributed by atoms with Gasteiger partial charge >= 0.3 is 5.97 Å². The zero-order valence-corrected chi connectivity index (χ0v) is 12.3. The fourth-order valence-electron chi connectivity index (χ4n) is 2.23. The molecule has 3 aromatic rings. The highest BCUT2D eigenvalue weighted by molar-refractivity contribution is 9.10. The van der Waals surface area contributed by atoms with Gasteiger partial charge in [-0.2, -0.15) is 0 Å². The minimum Gasteiger partial charge on any atom is -0.478 e. The second-order valence-electron chi connectivity index (χ2n) is 4.49. The molecule has 1 aromatic carbocycles. The lowest BCUT2D eigenvalue weighted by Crippen LogP contribution is -2.20. The molecule has 0 saturated carbocycles. The third-order valence-corrected chi connectivity index (χ3v) is 3.77. The van der Waals surface area contributed by atoms with Gasteiger partial charge in [0.1, 0.15) is 16.9 Å². The normalized spacial score (nSPS) is 10.9. The SMILES string of the molecule is O=C(O)c1c(Cn2cccc(Br)c2=O)oc2ccccc12. The predicted molar refractivity (Wildman–Crippen MR) is 80.7 cm³/mol. The molecule has 0 amide bonds. The van der Waals surface area contributed by atoms with Crippen LogP contribution < -0.4 is 5.56 Å². The van der Waals surface area contributed by atoms with Crippen molar-refractivity contribution < 1.29 is 14.3 Å². The highest BCUT2D eigenvalue weighted by atomic mass is 79.9. The third-order valence-electron chi connectivity index (χ3n) is 3.17. The molecule has 2 aromatic heterocycles. The lowest BCUT2D eigenvalue weighted by molar-refractivity contribution is 0.0696. The van der Waals surface area contributed by atoms with E-state index in [1.807, 2.05) is 0 Å². The first-order chi connectivity index (χ1) is 10.1. The van der Waals surface area contributed by atoms with E-state index in [2.05, 4.69) is 15.9 Å². The first kappa shape index (κ1) is 13.6. The molecule has 0 fully saturated rings. The number of fused-ring (bicyclic) bond motifs is 1. The van der Waals surface area contributed by atoms with Crippen molar-refractivity contribution in [3.05, 3.63) is 68.7 Å². The van der Waals surface area contributed by atoms with Crippen molar-refractivity contribution in [3.63, 3.8) is 0 Å². The quantitative estimate of drug-likeness (QED) is 0.790. The van der Waals surface area contributed by atoms with Gasteiger partial charge in [0.05, 0.1) is 11.0 Å². The minimum atomic E-state index is -1.07. The maximum atomic E-state index is 12.0. The molecule has 0 aliphatic carbocycles. The highest BCUT2D eigenvalue weighted by Gasteiger charge is 2.20. The van der Waals surface area contributed by atoms with Crippen LogP contribution in [0.1, 0.15) is 16.1 Å². The molecular weight excluding hydrogens is 338 g/mol. The van der Waals surface area contributed by atoms with E-state index in [-0.39, 0.29) is 23.4 Å². The van der Waals surface area contributed by atoms with Gasteiger partial charge in [0.25, 0.3) is 5.56 Å². The molecule has 0 aliphatic heterocycles. The van der Waals surface area contributed by atoms with Crippen molar-refractivity contribution in [2.45, 2.75) is 6.54 Å². The average Bonchev–Trinajstić information content (AvgIpc) is 2.82. The van der Waals surface area contributed by atoms with Crippen molar-refractivity contribution in [1.29, 1.82) is 0 Å². The van der Waals surface area contributed by atoms with Crippen LogP contribution in [0.15, 0.2) is 56.3 Å². The maximum absolute atomic E-state index is 12.0. The Morgan fingerprint density at radius 3 is 2.76 bits per heavy atom. The number of aromatic nitrogens is 1. The molecule has 0 atom stereocenters. The van der Waals surface area contributed by atoms with E-state index < -0.39 is 5.97 Å². The molecule has 1 N–H and O–H groups in total. The number of furan rings is 1. The Hall–Kier alpha value is -2.34. The number of pyridine rings is 1. The van der Waals surface area contributed by atoms with E-state index >= 15 is 0 Å². The number of para-hydroxylation sites is 1. The number of rotatable bonds is 3. The van der Waals surface area contributed by atoms with Crippen molar-refractivity contribution in [1.82, 2.24) is 4.57 Å². The summed E-state index contributed by atoms with van der Waals surface area (Å²) >= 11 is 3.16. The predicted octanol–water partition coefficient (Wildman–Crippen LogP) is 3.10. The lowest BCUT2D eigenvalue weighted by atomic mass is 10.1. The van der Waals surface area contributed by atoms with Crippen LogP contribution in [0.25, 0.3) is 11.0 Å². The Morgan fingerprint density at radius 1 is 1.24 bits per heavy atom. The number of aromatic carboxylic acids is 1. The van der Waals surface area contributed by atoms with Crippen LogP contribution in [-0.2, 0) is 6.54 Å². The van der Waals surface area contributed by atoms with Crippen LogP contribution in [0.4, 0.5) is 0 Å². The summed E-state index contributed by atoms with van der Waals surface area (Å²) in [5.41, 5.74) is 0.347. The van der Waals surface area contributed by atoms with Gasteiger partial charge in [-0.15, -0.1) is 0 Å². The summed E-state index contributed by atoms with van der Waals surface area (Å²) in [7, 11) is 0. The topological polar surface area (TPSA) is 72.4 Å². The summed E-state index contributed by atoms with van der Waals surface area (Å²) in [5, 5.41) is 9.93. The van der Waals surface area contributed by atoms with Gasteiger partial charge in [-0.05, 0) is 34.1 Å². The molecule has 2 heterocycles. The summed E-state index contributed by atoms with van der Waals surface area (Å²) in [6, 6.07) is 10.3. The van der Waals surface area contributed by atoms with Crippen molar-refractivity contribution >= 4 is 32.9 Å². The Bertz CT molecular complexity index is 894. The van der Waals surface area contributed by atoms with Gasteiger partial charge in [-0.3, -0.25) is 4.79 Å². The highest BCUT2D eigenvalue weighted by Crippen LogP contribution is 2.26. The standard InChI is InChI=1S/C15H10BrNO4/c16-10-5-3-7-17(14(10)18)8-12-13(15(19)20)9-4-1-2-6-11(9)21-12/h1-7H,8H2,(H,19,20). The maximum Gasteiger partial charge on any atom is 0.339 e. The number of benzene rings is 1. The van der Waals surface area contributed by atoms with Crippen LogP contribution >= 0.6 is 15.9 Å². The molecule has 21 heavy (non-hydrogen) atoms. The molecule has 0 radical (unpaired) electrons. The fraction of sp³-hybridized carbons (Fsp3) is 0.0667. The van der Waals surface area contributed by atoms with Crippen LogP contribution in [0, 0.1) is 0 Å². The first-order valence-corrected chi connectivity index (χ1v) is 6.96. The van der Waals surface area contributed by atoms with Crippen LogP contribution in [0.3, 0.4) is 0 Å². The van der Waals surface area contributed by atoms with E-state index in [0.29, 0.717) is 15.4 Å². The lowest BCUT2D eigenvalue weighted by Gasteiger charge is -2.04. The monoisotopic (exact) mass is 347 g/mol. The largest absolute Gasteiger partial charge is 0.478 e. The number of carboxylic acid groups (broad SMARTS) is 1. The number of hydrogen-bond donors (Lipinski definition) is 1. The molecule has 0 bridgehead atoms. The van der Waals surface area contributed by atoms with Crippen LogP contribution in [-0.4, -0.2) is 15.6 Å². The van der Waals surface area contributed by atoms with E-state index in [1.165, 1.54) is 4.57 Å². The van der Waals surface area contributed by atoms with Gasteiger partial charge in [0.2, 0.25) is 0 Å². The first-order valence-electron chi connectivity index (χ1n) is 6.16. The van der Waals surface area contributed by atoms with Crippen LogP contribution in [0.5, 0.6) is 0 Å². The number of nitrogens with zero attached hydrogens (tertiary/aromatic N) is 1. The average molecular weight is 348 g/mol. The van der Waals surface area contributed by atoms with Crippen molar-refractivity contribution in [2.24, 2.45) is 0 Å². The summed E-state index contributed by atoms with van der Waals surface area (Å²) in [4.78, 5) is 23.5. The van der Waals surface area contributed by atoms with Crippen molar-refractivity contribution in [2.75, 3.05) is 0 Å². The summed E-state index contributed by atoms with van der Waals surface area (Å²) in [6.45, 7) is 0.0641. The van der Waals surface area contributed by atoms with Crippen molar-refractivity contribution in [3.8, 4) is 0 Å². The Labute approximate surface area is 127 Å². The van der Waals surface area contributed by atoms with Crippen LogP contribution in [0.2, 0.25) is 0 Å².